The van der Waals surface area contributed by atoms with E-state index in [0.717, 1.165) is 24.8 Å². The van der Waals surface area contributed by atoms with Crippen molar-refractivity contribution >= 4 is 12.0 Å². The molecule has 1 heterocycles. The maximum absolute atomic E-state index is 12.9. The van der Waals surface area contributed by atoms with Crippen LogP contribution in [0.5, 0.6) is 0 Å². The normalized spacial score (nSPS) is 20.0. The van der Waals surface area contributed by atoms with Crippen molar-refractivity contribution in [2.24, 2.45) is 0 Å². The highest BCUT2D eigenvalue weighted by Crippen LogP contribution is 2.20. The van der Waals surface area contributed by atoms with Crippen LogP contribution < -0.4 is 10.6 Å². The van der Waals surface area contributed by atoms with Gasteiger partial charge >= 0.3 is 6.09 Å². The summed E-state index contributed by atoms with van der Waals surface area (Å²) in [6.07, 6.45) is 3.24. The fourth-order valence-corrected chi connectivity index (χ4v) is 3.19. The quantitative estimate of drug-likeness (QED) is 0.730. The van der Waals surface area contributed by atoms with E-state index in [4.69, 9.17) is 4.74 Å². The molecule has 0 aromatic heterocycles. The second-order valence-corrected chi connectivity index (χ2v) is 8.05. The first-order chi connectivity index (χ1) is 12.8. The van der Waals surface area contributed by atoms with Crippen LogP contribution in [0.4, 0.5) is 4.79 Å². The first-order valence-corrected chi connectivity index (χ1v) is 9.87. The number of hydrogen-bond acceptors (Lipinski definition) is 4. The summed E-state index contributed by atoms with van der Waals surface area (Å²) in [4.78, 5) is 26.6. The van der Waals surface area contributed by atoms with Crippen LogP contribution in [0.3, 0.4) is 0 Å². The lowest BCUT2D eigenvalue weighted by Crippen LogP contribution is -2.38. The van der Waals surface area contributed by atoms with Crippen LogP contribution >= 0.6 is 0 Å². The van der Waals surface area contributed by atoms with Gasteiger partial charge in [0, 0.05) is 13.1 Å². The number of nitrogens with zero attached hydrogens (tertiary/aromatic N) is 1. The summed E-state index contributed by atoms with van der Waals surface area (Å²) in [7, 11) is 0. The molecule has 27 heavy (non-hydrogen) atoms. The maximum atomic E-state index is 12.9. The molecule has 2 amide bonds. The number of ether oxygens (including phenoxy) is 1. The number of rotatable bonds is 8. The smallest absolute Gasteiger partial charge is 0.407 e. The summed E-state index contributed by atoms with van der Waals surface area (Å²) in [5, 5.41) is 6.19. The van der Waals surface area contributed by atoms with Crippen molar-refractivity contribution in [2.75, 3.05) is 6.54 Å². The average Bonchev–Trinajstić information content (AvgIpc) is 2.88. The minimum Gasteiger partial charge on any atom is -0.444 e. The summed E-state index contributed by atoms with van der Waals surface area (Å²) < 4.78 is 5.24. The molecule has 1 aromatic rings. The average molecular weight is 376 g/mol. The third kappa shape index (κ3) is 6.86. The van der Waals surface area contributed by atoms with Crippen LogP contribution in [0.15, 0.2) is 30.3 Å². The Kier molecular flexibility index (Phi) is 7.66. The topological polar surface area (TPSA) is 70.7 Å². The molecule has 1 aliphatic heterocycles. The van der Waals surface area contributed by atoms with Crippen LogP contribution in [0.2, 0.25) is 0 Å². The van der Waals surface area contributed by atoms with E-state index in [1.165, 1.54) is 0 Å². The van der Waals surface area contributed by atoms with Gasteiger partial charge in [-0.3, -0.25) is 10.1 Å². The van der Waals surface area contributed by atoms with Gasteiger partial charge in [0.05, 0.1) is 12.2 Å². The molecule has 0 bridgehead atoms. The summed E-state index contributed by atoms with van der Waals surface area (Å²) >= 11 is 0. The lowest BCUT2D eigenvalue weighted by molar-refractivity contribution is -0.130. The first kappa shape index (κ1) is 21.2. The SMILES string of the molecule is CCCCC1N[C@@H](CCNC(=O)OC(C)(C)C)C(=O)N1Cc1ccccc1. The number of carbonyl (C=O) groups is 2. The van der Waals surface area contributed by atoms with Crippen LogP contribution in [0.1, 0.15) is 58.9 Å². The van der Waals surface area contributed by atoms with Crippen molar-refractivity contribution in [3.8, 4) is 0 Å². The molecule has 1 aliphatic rings. The third-order valence-electron chi connectivity index (χ3n) is 4.48. The number of alkyl carbamates (subject to hydrolysis) is 1. The highest BCUT2D eigenvalue weighted by atomic mass is 16.6. The van der Waals surface area contributed by atoms with Gasteiger partial charge in [-0.15, -0.1) is 0 Å². The van der Waals surface area contributed by atoms with Gasteiger partial charge in [-0.25, -0.2) is 4.79 Å². The minimum absolute atomic E-state index is 0.0455. The second-order valence-electron chi connectivity index (χ2n) is 8.05. The summed E-state index contributed by atoms with van der Waals surface area (Å²) in [5.41, 5.74) is 0.602. The van der Waals surface area contributed by atoms with Crippen molar-refractivity contribution in [1.29, 1.82) is 0 Å². The summed E-state index contributed by atoms with van der Waals surface area (Å²) in [5.74, 6) is 0.103. The molecule has 6 heteroatoms. The molecule has 2 N–H and O–H groups in total. The second kappa shape index (κ2) is 9.74. The number of amides is 2. The molecule has 1 fully saturated rings. The van der Waals surface area contributed by atoms with E-state index in [1.807, 2.05) is 56.0 Å². The van der Waals surface area contributed by atoms with Crippen molar-refractivity contribution in [1.82, 2.24) is 15.5 Å². The minimum atomic E-state index is -0.525. The summed E-state index contributed by atoms with van der Waals surface area (Å²) in [6, 6.07) is 9.78. The molecule has 0 radical (unpaired) electrons. The molecule has 6 nitrogen and oxygen atoms in total. The maximum Gasteiger partial charge on any atom is 0.407 e. The van der Waals surface area contributed by atoms with Crippen molar-refractivity contribution in [2.45, 2.75) is 77.7 Å². The van der Waals surface area contributed by atoms with Gasteiger partial charge in [0.1, 0.15) is 5.60 Å². The van der Waals surface area contributed by atoms with Crippen LogP contribution in [-0.2, 0) is 16.1 Å². The highest BCUT2D eigenvalue weighted by molar-refractivity contribution is 5.84. The van der Waals surface area contributed by atoms with E-state index in [1.54, 1.807) is 0 Å². The van der Waals surface area contributed by atoms with Crippen LogP contribution in [-0.4, -0.2) is 41.3 Å². The van der Waals surface area contributed by atoms with Crippen molar-refractivity contribution in [3.05, 3.63) is 35.9 Å². The van der Waals surface area contributed by atoms with Gasteiger partial charge in [-0.2, -0.15) is 0 Å². The van der Waals surface area contributed by atoms with Crippen LogP contribution in [0.25, 0.3) is 0 Å². The fourth-order valence-electron chi connectivity index (χ4n) is 3.19. The monoisotopic (exact) mass is 375 g/mol. The predicted octanol–water partition coefficient (Wildman–Crippen LogP) is 3.42. The predicted molar refractivity (Wildman–Crippen MR) is 106 cm³/mol. The lowest BCUT2D eigenvalue weighted by Gasteiger charge is -2.24. The van der Waals surface area contributed by atoms with E-state index in [2.05, 4.69) is 17.6 Å². The molecular weight excluding hydrogens is 342 g/mol. The molecule has 1 saturated heterocycles. The number of nitrogens with one attached hydrogen (secondary N) is 2. The third-order valence-corrected chi connectivity index (χ3v) is 4.48. The van der Waals surface area contributed by atoms with Crippen molar-refractivity contribution < 1.29 is 14.3 Å². The molecule has 0 spiro atoms. The van der Waals surface area contributed by atoms with E-state index in [9.17, 15) is 9.59 Å². The largest absolute Gasteiger partial charge is 0.444 e. The van der Waals surface area contributed by atoms with E-state index in [-0.39, 0.29) is 18.1 Å². The van der Waals surface area contributed by atoms with Gasteiger partial charge in [0.2, 0.25) is 5.91 Å². The zero-order valence-corrected chi connectivity index (χ0v) is 17.0. The molecule has 150 valence electrons. The van der Waals surface area contributed by atoms with Gasteiger partial charge in [-0.1, -0.05) is 50.1 Å². The first-order valence-electron chi connectivity index (χ1n) is 9.87. The molecule has 2 rings (SSSR count). The van der Waals surface area contributed by atoms with Crippen molar-refractivity contribution in [3.63, 3.8) is 0 Å². The Bertz CT molecular complexity index is 613. The Labute approximate surface area is 162 Å². The van der Waals surface area contributed by atoms with Gasteiger partial charge in [-0.05, 0) is 39.2 Å². The number of hydrogen-bond donors (Lipinski definition) is 2. The Morgan fingerprint density at radius 2 is 1.93 bits per heavy atom. The lowest BCUT2D eigenvalue weighted by atomic mass is 10.1. The Balaban J connectivity index is 1.91. The number of benzene rings is 1. The number of unbranched alkanes of at least 4 members (excludes halogenated alkanes) is 1. The standard InChI is InChI=1S/C21H33N3O3/c1-5-6-12-18-23-17(13-14-22-20(26)27-21(2,3)4)19(25)24(18)15-16-10-8-7-9-11-16/h7-11,17-18,23H,5-6,12-15H2,1-4H3,(H,22,26)/t17-,18?/m0/s1. The van der Waals surface area contributed by atoms with E-state index < -0.39 is 11.7 Å². The molecule has 1 aromatic carbocycles. The Morgan fingerprint density at radius 3 is 2.56 bits per heavy atom. The highest BCUT2D eigenvalue weighted by Gasteiger charge is 2.37. The van der Waals surface area contributed by atoms with Gasteiger partial charge in [0.25, 0.3) is 0 Å². The zero-order chi connectivity index (χ0) is 19.9. The zero-order valence-electron chi connectivity index (χ0n) is 17.0. The number of carbonyl (C=O) groups excluding carboxylic acids is 2. The van der Waals surface area contributed by atoms with E-state index >= 15 is 0 Å². The summed E-state index contributed by atoms with van der Waals surface area (Å²) in [6.45, 7) is 8.65. The molecule has 0 saturated carbocycles. The Hall–Kier alpha value is -2.08. The van der Waals surface area contributed by atoms with Crippen LogP contribution in [0, 0.1) is 0 Å². The molecular formula is C21H33N3O3. The van der Waals surface area contributed by atoms with Gasteiger partial charge in [0.15, 0.2) is 0 Å². The fraction of sp³-hybridized carbons (Fsp3) is 0.619. The Morgan fingerprint density at radius 1 is 1.22 bits per heavy atom. The molecule has 0 aliphatic carbocycles. The van der Waals surface area contributed by atoms with E-state index in [0.29, 0.717) is 19.5 Å². The molecule has 1 unspecified atom stereocenters. The van der Waals surface area contributed by atoms with Gasteiger partial charge < -0.3 is 15.0 Å². The molecule has 2 atom stereocenters.